The molecule has 2 N–H and O–H groups in total. The quantitative estimate of drug-likeness (QED) is 0.623. The highest BCUT2D eigenvalue weighted by Gasteiger charge is 2.13. The summed E-state index contributed by atoms with van der Waals surface area (Å²) in [6, 6.07) is 0.443. The van der Waals surface area contributed by atoms with Crippen LogP contribution in [0.3, 0.4) is 0 Å². The zero-order valence-electron chi connectivity index (χ0n) is 6.55. The third-order valence-electron chi connectivity index (χ3n) is 1.99. The minimum atomic E-state index is 0. The molecular formula is C7H17ClN2. The van der Waals surface area contributed by atoms with E-state index in [1.807, 2.05) is 0 Å². The summed E-state index contributed by atoms with van der Waals surface area (Å²) < 4.78 is 0. The van der Waals surface area contributed by atoms with E-state index in [1.54, 1.807) is 0 Å². The van der Waals surface area contributed by atoms with Gasteiger partial charge in [-0.3, -0.25) is 0 Å². The summed E-state index contributed by atoms with van der Waals surface area (Å²) in [6.45, 7) is 5.71. The first-order valence-electron chi connectivity index (χ1n) is 3.81. The van der Waals surface area contributed by atoms with Crippen molar-refractivity contribution in [3.05, 3.63) is 0 Å². The van der Waals surface area contributed by atoms with Crippen LogP contribution in [-0.2, 0) is 0 Å². The van der Waals surface area contributed by atoms with E-state index in [1.165, 1.54) is 19.4 Å². The van der Waals surface area contributed by atoms with Gasteiger partial charge in [0.1, 0.15) is 0 Å². The standard InChI is InChI=1S/C7H16N2.ClH/c1-2-9-5-3-4-7(8)6-9;/h7H,2-6,8H2,1H3;1H. The van der Waals surface area contributed by atoms with Crippen molar-refractivity contribution in [2.45, 2.75) is 25.8 Å². The minimum absolute atomic E-state index is 0. The third kappa shape index (κ3) is 2.86. The number of piperidine rings is 1. The molecule has 1 saturated heterocycles. The van der Waals surface area contributed by atoms with Crippen molar-refractivity contribution in [2.75, 3.05) is 19.6 Å². The lowest BCUT2D eigenvalue weighted by atomic mass is 10.1. The average molecular weight is 165 g/mol. The van der Waals surface area contributed by atoms with Crippen molar-refractivity contribution in [3.8, 4) is 0 Å². The van der Waals surface area contributed by atoms with Crippen LogP contribution in [-0.4, -0.2) is 30.6 Å². The molecule has 1 atom stereocenters. The number of likely N-dealkylation sites (tertiary alicyclic amines) is 1. The van der Waals surface area contributed by atoms with Gasteiger partial charge in [-0.2, -0.15) is 0 Å². The summed E-state index contributed by atoms with van der Waals surface area (Å²) in [5.41, 5.74) is 5.76. The normalized spacial score (nSPS) is 27.6. The van der Waals surface area contributed by atoms with Gasteiger partial charge in [0, 0.05) is 12.6 Å². The monoisotopic (exact) mass is 164 g/mol. The van der Waals surface area contributed by atoms with E-state index in [0.29, 0.717) is 6.04 Å². The first-order valence-corrected chi connectivity index (χ1v) is 3.81. The fourth-order valence-electron chi connectivity index (χ4n) is 1.38. The molecule has 0 bridgehead atoms. The summed E-state index contributed by atoms with van der Waals surface area (Å²) in [6.07, 6.45) is 2.51. The molecular weight excluding hydrogens is 148 g/mol. The lowest BCUT2D eigenvalue weighted by molar-refractivity contribution is 0.219. The van der Waals surface area contributed by atoms with Crippen LogP contribution in [0, 0.1) is 0 Å². The molecule has 1 heterocycles. The maximum atomic E-state index is 5.76. The van der Waals surface area contributed by atoms with Gasteiger partial charge in [0.25, 0.3) is 0 Å². The summed E-state index contributed by atoms with van der Waals surface area (Å²) >= 11 is 0. The van der Waals surface area contributed by atoms with Gasteiger partial charge in [-0.1, -0.05) is 6.92 Å². The van der Waals surface area contributed by atoms with Gasteiger partial charge in [-0.25, -0.2) is 0 Å². The molecule has 0 aromatic carbocycles. The Labute approximate surface area is 69.2 Å². The van der Waals surface area contributed by atoms with Gasteiger partial charge in [-0.05, 0) is 25.9 Å². The second-order valence-corrected chi connectivity index (χ2v) is 2.80. The van der Waals surface area contributed by atoms with E-state index < -0.39 is 0 Å². The third-order valence-corrected chi connectivity index (χ3v) is 1.99. The largest absolute Gasteiger partial charge is 0.327 e. The minimum Gasteiger partial charge on any atom is -0.327 e. The van der Waals surface area contributed by atoms with Gasteiger partial charge in [0.2, 0.25) is 0 Å². The Bertz CT molecular complexity index is 87.7. The van der Waals surface area contributed by atoms with Crippen LogP contribution in [0.2, 0.25) is 0 Å². The summed E-state index contributed by atoms with van der Waals surface area (Å²) in [5, 5.41) is 0. The predicted octanol–water partition coefficient (Wildman–Crippen LogP) is 0.851. The number of nitrogens with two attached hydrogens (primary N) is 1. The summed E-state index contributed by atoms with van der Waals surface area (Å²) in [7, 11) is 0. The van der Waals surface area contributed by atoms with Crippen LogP contribution in [0.15, 0.2) is 0 Å². The molecule has 1 unspecified atom stereocenters. The number of hydrogen-bond donors (Lipinski definition) is 1. The number of likely N-dealkylation sites (N-methyl/N-ethyl adjacent to an activating group) is 1. The SMILES string of the molecule is CCN1CCCC(N)C1.Cl. The van der Waals surface area contributed by atoms with Gasteiger partial charge in [-0.15, -0.1) is 12.4 Å². The van der Waals surface area contributed by atoms with Crippen LogP contribution in [0.5, 0.6) is 0 Å². The molecule has 0 saturated carbocycles. The van der Waals surface area contributed by atoms with Gasteiger partial charge < -0.3 is 10.6 Å². The Kier molecular flexibility index (Phi) is 5.04. The smallest absolute Gasteiger partial charge is 0.0168 e. The van der Waals surface area contributed by atoms with E-state index in [-0.39, 0.29) is 12.4 Å². The Morgan fingerprint density at radius 3 is 2.70 bits per heavy atom. The summed E-state index contributed by atoms with van der Waals surface area (Å²) in [4.78, 5) is 2.41. The molecule has 10 heavy (non-hydrogen) atoms. The van der Waals surface area contributed by atoms with Crippen molar-refractivity contribution in [3.63, 3.8) is 0 Å². The summed E-state index contributed by atoms with van der Waals surface area (Å²) in [5.74, 6) is 0. The highest BCUT2D eigenvalue weighted by molar-refractivity contribution is 5.85. The Balaban J connectivity index is 0.000000810. The zero-order chi connectivity index (χ0) is 6.69. The van der Waals surface area contributed by atoms with E-state index in [4.69, 9.17) is 5.73 Å². The Morgan fingerprint density at radius 2 is 2.30 bits per heavy atom. The van der Waals surface area contributed by atoms with Crippen LogP contribution in [0.4, 0.5) is 0 Å². The molecule has 0 aliphatic carbocycles. The predicted molar refractivity (Wildman–Crippen MR) is 46.6 cm³/mol. The molecule has 1 aliphatic rings. The van der Waals surface area contributed by atoms with E-state index in [0.717, 1.165) is 13.1 Å². The highest BCUT2D eigenvalue weighted by Crippen LogP contribution is 2.06. The maximum Gasteiger partial charge on any atom is 0.0168 e. The molecule has 1 aliphatic heterocycles. The lowest BCUT2D eigenvalue weighted by Gasteiger charge is -2.29. The van der Waals surface area contributed by atoms with Crippen molar-refractivity contribution in [1.82, 2.24) is 4.90 Å². The maximum absolute atomic E-state index is 5.76. The topological polar surface area (TPSA) is 29.3 Å². The molecule has 0 radical (unpaired) electrons. The van der Waals surface area contributed by atoms with Crippen LogP contribution < -0.4 is 5.73 Å². The van der Waals surface area contributed by atoms with Gasteiger partial charge in [0.05, 0.1) is 0 Å². The van der Waals surface area contributed by atoms with Crippen LogP contribution in [0.1, 0.15) is 19.8 Å². The van der Waals surface area contributed by atoms with Crippen molar-refractivity contribution in [2.24, 2.45) is 5.73 Å². The van der Waals surface area contributed by atoms with Crippen LogP contribution in [0.25, 0.3) is 0 Å². The molecule has 0 aromatic heterocycles. The fraction of sp³-hybridized carbons (Fsp3) is 1.00. The molecule has 1 rings (SSSR count). The molecule has 2 nitrogen and oxygen atoms in total. The number of nitrogens with zero attached hydrogens (tertiary/aromatic N) is 1. The van der Waals surface area contributed by atoms with E-state index in [9.17, 15) is 0 Å². The second kappa shape index (κ2) is 4.94. The second-order valence-electron chi connectivity index (χ2n) is 2.80. The van der Waals surface area contributed by atoms with Crippen molar-refractivity contribution in [1.29, 1.82) is 0 Å². The lowest BCUT2D eigenvalue weighted by Crippen LogP contribution is -2.42. The number of halogens is 1. The fourth-order valence-corrected chi connectivity index (χ4v) is 1.38. The molecule has 3 heteroatoms. The molecule has 62 valence electrons. The molecule has 0 amide bonds. The van der Waals surface area contributed by atoms with E-state index in [2.05, 4.69) is 11.8 Å². The Hall–Kier alpha value is 0.210. The van der Waals surface area contributed by atoms with Crippen molar-refractivity contribution < 1.29 is 0 Å². The van der Waals surface area contributed by atoms with Crippen molar-refractivity contribution >= 4 is 12.4 Å². The molecule has 1 fully saturated rings. The first-order chi connectivity index (χ1) is 4.33. The molecule has 0 spiro atoms. The van der Waals surface area contributed by atoms with Gasteiger partial charge in [0.15, 0.2) is 0 Å². The highest BCUT2D eigenvalue weighted by atomic mass is 35.5. The zero-order valence-corrected chi connectivity index (χ0v) is 7.36. The average Bonchev–Trinajstić information content (AvgIpc) is 1.88. The Morgan fingerprint density at radius 1 is 1.60 bits per heavy atom. The number of hydrogen-bond acceptors (Lipinski definition) is 2. The number of rotatable bonds is 1. The van der Waals surface area contributed by atoms with E-state index >= 15 is 0 Å². The van der Waals surface area contributed by atoms with Crippen LogP contribution >= 0.6 is 12.4 Å². The van der Waals surface area contributed by atoms with Gasteiger partial charge >= 0.3 is 0 Å². The molecule has 0 aromatic rings. The first kappa shape index (κ1) is 10.2.